The van der Waals surface area contributed by atoms with Crippen LogP contribution in [0.25, 0.3) is 0 Å². The van der Waals surface area contributed by atoms with E-state index >= 15 is 0 Å². The van der Waals surface area contributed by atoms with Gasteiger partial charge in [0.15, 0.2) is 5.13 Å². The molecule has 0 saturated carbocycles. The van der Waals surface area contributed by atoms with E-state index in [0.717, 1.165) is 29.4 Å². The molecule has 1 heterocycles. The zero-order chi connectivity index (χ0) is 13.7. The fourth-order valence-electron chi connectivity index (χ4n) is 1.73. The van der Waals surface area contributed by atoms with Crippen molar-refractivity contribution < 1.29 is 4.21 Å². The first-order chi connectivity index (χ1) is 9.19. The number of benzene rings is 1. The fourth-order valence-corrected chi connectivity index (χ4v) is 3.16. The van der Waals surface area contributed by atoms with Gasteiger partial charge in [-0.2, -0.15) is 0 Å². The summed E-state index contributed by atoms with van der Waals surface area (Å²) in [5.74, 6) is 0. The minimum absolute atomic E-state index is 0.746. The molecule has 1 atom stereocenters. The third-order valence-corrected chi connectivity index (χ3v) is 4.70. The second-order valence-corrected chi connectivity index (χ2v) is 6.83. The van der Waals surface area contributed by atoms with Crippen molar-refractivity contribution in [2.24, 2.45) is 0 Å². The molecule has 2 rings (SSSR count). The van der Waals surface area contributed by atoms with Crippen molar-refractivity contribution in [3.8, 4) is 0 Å². The highest BCUT2D eigenvalue weighted by atomic mass is 32.2. The zero-order valence-electron chi connectivity index (χ0n) is 11.2. The molecule has 19 heavy (non-hydrogen) atoms. The lowest BCUT2D eigenvalue weighted by Crippen LogP contribution is -1.99. The van der Waals surface area contributed by atoms with Crippen molar-refractivity contribution in [2.45, 2.75) is 31.2 Å². The van der Waals surface area contributed by atoms with E-state index in [1.54, 1.807) is 17.6 Å². The molecule has 1 N–H and O–H groups in total. The van der Waals surface area contributed by atoms with E-state index in [4.69, 9.17) is 0 Å². The highest BCUT2D eigenvalue weighted by Gasteiger charge is 2.02. The lowest BCUT2D eigenvalue weighted by molar-refractivity contribution is 0.687. The summed E-state index contributed by atoms with van der Waals surface area (Å²) in [6.07, 6.45) is 5.88. The van der Waals surface area contributed by atoms with Crippen molar-refractivity contribution in [1.82, 2.24) is 4.98 Å². The Morgan fingerprint density at radius 3 is 2.68 bits per heavy atom. The topological polar surface area (TPSA) is 42.0 Å². The fraction of sp³-hybridized carbons (Fsp3) is 0.357. The molecule has 5 heteroatoms. The molecule has 0 saturated heterocycles. The number of anilines is 1. The Hall–Kier alpha value is -1.20. The summed E-state index contributed by atoms with van der Waals surface area (Å²) in [5, 5.41) is 4.28. The summed E-state index contributed by atoms with van der Waals surface area (Å²) in [6.45, 7) is 2.92. The van der Waals surface area contributed by atoms with Crippen molar-refractivity contribution in [1.29, 1.82) is 0 Å². The lowest BCUT2D eigenvalue weighted by atomic mass is 10.2. The average Bonchev–Trinajstić information content (AvgIpc) is 2.85. The van der Waals surface area contributed by atoms with Gasteiger partial charge in [0.2, 0.25) is 0 Å². The minimum Gasteiger partial charge on any atom is -0.357 e. The van der Waals surface area contributed by atoms with Crippen LogP contribution in [0.1, 0.15) is 23.8 Å². The first-order valence-electron chi connectivity index (χ1n) is 6.30. The Bertz CT molecular complexity index is 549. The minimum atomic E-state index is -0.907. The van der Waals surface area contributed by atoms with E-state index in [0.29, 0.717) is 0 Å². The zero-order valence-corrected chi connectivity index (χ0v) is 12.8. The van der Waals surface area contributed by atoms with Gasteiger partial charge >= 0.3 is 0 Å². The maximum Gasteiger partial charge on any atom is 0.183 e. The first-order valence-corrected chi connectivity index (χ1v) is 8.67. The molecule has 1 aromatic heterocycles. The SMILES string of the molecule is CCCc1cnc(NCc2ccc(S(C)=O)cc2)s1. The predicted molar refractivity (Wildman–Crippen MR) is 82.2 cm³/mol. The Morgan fingerprint density at radius 1 is 1.32 bits per heavy atom. The maximum atomic E-state index is 11.3. The number of aryl methyl sites for hydroxylation is 1. The Balaban J connectivity index is 1.92. The third kappa shape index (κ3) is 4.14. The number of aromatic nitrogens is 1. The number of rotatable bonds is 6. The number of hydrogen-bond donors (Lipinski definition) is 1. The summed E-state index contributed by atoms with van der Waals surface area (Å²) in [6, 6.07) is 7.84. The summed E-state index contributed by atoms with van der Waals surface area (Å²) < 4.78 is 11.3. The summed E-state index contributed by atoms with van der Waals surface area (Å²) in [7, 11) is -0.907. The number of nitrogens with zero attached hydrogens (tertiary/aromatic N) is 1. The molecule has 1 aromatic carbocycles. The van der Waals surface area contributed by atoms with Crippen molar-refractivity contribution in [3.63, 3.8) is 0 Å². The van der Waals surface area contributed by atoms with E-state index in [1.165, 1.54) is 10.4 Å². The van der Waals surface area contributed by atoms with Crippen molar-refractivity contribution in [2.75, 3.05) is 11.6 Å². The predicted octanol–water partition coefficient (Wildman–Crippen LogP) is 3.45. The highest BCUT2D eigenvalue weighted by Crippen LogP contribution is 2.20. The standard InChI is InChI=1S/C14H18N2OS2/c1-3-4-12-10-16-14(18-12)15-9-11-5-7-13(8-6-11)19(2)17/h5-8,10H,3-4,9H2,1-2H3,(H,15,16). The van der Waals surface area contributed by atoms with Crippen LogP contribution in [0.15, 0.2) is 35.4 Å². The van der Waals surface area contributed by atoms with E-state index in [-0.39, 0.29) is 0 Å². The van der Waals surface area contributed by atoms with Crippen LogP contribution in [0.4, 0.5) is 5.13 Å². The van der Waals surface area contributed by atoms with Gasteiger partial charge in [0.1, 0.15) is 0 Å². The molecule has 0 fully saturated rings. The van der Waals surface area contributed by atoms with Gasteiger partial charge in [-0.15, -0.1) is 11.3 Å². The van der Waals surface area contributed by atoms with Gasteiger partial charge in [-0.25, -0.2) is 4.98 Å². The van der Waals surface area contributed by atoms with E-state index in [1.807, 2.05) is 30.5 Å². The number of hydrogen-bond acceptors (Lipinski definition) is 4. The molecule has 0 aliphatic heterocycles. The van der Waals surface area contributed by atoms with Gasteiger partial charge in [-0.1, -0.05) is 25.5 Å². The van der Waals surface area contributed by atoms with Crippen LogP contribution < -0.4 is 5.32 Å². The molecule has 0 aliphatic rings. The van der Waals surface area contributed by atoms with Crippen LogP contribution in [-0.4, -0.2) is 15.4 Å². The summed E-state index contributed by atoms with van der Waals surface area (Å²) in [4.78, 5) is 6.54. The lowest BCUT2D eigenvalue weighted by Gasteiger charge is -2.03. The van der Waals surface area contributed by atoms with Crippen LogP contribution in [0.2, 0.25) is 0 Å². The Morgan fingerprint density at radius 2 is 2.05 bits per heavy atom. The second-order valence-electron chi connectivity index (χ2n) is 4.33. The highest BCUT2D eigenvalue weighted by molar-refractivity contribution is 7.84. The first kappa shape index (κ1) is 14.2. The van der Waals surface area contributed by atoms with E-state index in [9.17, 15) is 4.21 Å². The van der Waals surface area contributed by atoms with Gasteiger partial charge in [0.05, 0.1) is 0 Å². The molecule has 0 aliphatic carbocycles. The van der Waals surface area contributed by atoms with Gasteiger partial charge in [-0.3, -0.25) is 4.21 Å². The van der Waals surface area contributed by atoms with Crippen LogP contribution >= 0.6 is 11.3 Å². The molecular formula is C14H18N2OS2. The average molecular weight is 294 g/mol. The molecule has 0 spiro atoms. The third-order valence-electron chi connectivity index (χ3n) is 2.75. The molecule has 3 nitrogen and oxygen atoms in total. The quantitative estimate of drug-likeness (QED) is 0.887. The van der Waals surface area contributed by atoms with Crippen molar-refractivity contribution in [3.05, 3.63) is 40.9 Å². The Labute approximate surface area is 120 Å². The van der Waals surface area contributed by atoms with E-state index < -0.39 is 10.8 Å². The largest absolute Gasteiger partial charge is 0.357 e. The normalized spacial score (nSPS) is 12.3. The van der Waals surface area contributed by atoms with Crippen LogP contribution in [-0.2, 0) is 23.8 Å². The second kappa shape index (κ2) is 6.82. The molecular weight excluding hydrogens is 276 g/mol. The Kier molecular flexibility index (Phi) is 5.10. The maximum absolute atomic E-state index is 11.3. The van der Waals surface area contributed by atoms with Crippen LogP contribution in [0.3, 0.4) is 0 Å². The summed E-state index contributed by atoms with van der Waals surface area (Å²) in [5.41, 5.74) is 1.17. The van der Waals surface area contributed by atoms with E-state index in [2.05, 4.69) is 17.2 Å². The molecule has 1 unspecified atom stereocenters. The van der Waals surface area contributed by atoms with Gasteiger partial charge in [-0.05, 0) is 24.1 Å². The number of thiazole rings is 1. The van der Waals surface area contributed by atoms with Crippen molar-refractivity contribution >= 4 is 27.3 Å². The van der Waals surface area contributed by atoms with Gasteiger partial charge in [0, 0.05) is 39.6 Å². The molecule has 102 valence electrons. The summed E-state index contributed by atoms with van der Waals surface area (Å²) >= 11 is 1.71. The molecule has 0 amide bonds. The monoisotopic (exact) mass is 294 g/mol. The van der Waals surface area contributed by atoms with Gasteiger partial charge < -0.3 is 5.32 Å². The van der Waals surface area contributed by atoms with Crippen LogP contribution in [0, 0.1) is 0 Å². The smallest absolute Gasteiger partial charge is 0.183 e. The molecule has 0 radical (unpaired) electrons. The molecule has 2 aromatic rings. The van der Waals surface area contributed by atoms with Gasteiger partial charge in [0.25, 0.3) is 0 Å². The van der Waals surface area contributed by atoms with Crippen LogP contribution in [0.5, 0.6) is 0 Å². The number of nitrogens with one attached hydrogen (secondary N) is 1. The molecule has 0 bridgehead atoms.